The Labute approximate surface area is 174 Å². The highest BCUT2D eigenvalue weighted by molar-refractivity contribution is 14.0. The summed E-state index contributed by atoms with van der Waals surface area (Å²) in [7, 11) is 0. The Hall–Kier alpha value is -1.31. The number of carbonyl (C=O) groups is 1. The smallest absolute Gasteiger partial charge is 0.227 e. The first-order valence-corrected chi connectivity index (χ1v) is 9.53. The Bertz CT molecular complexity index is 583. The second-order valence-electron chi connectivity index (χ2n) is 7.02. The first-order chi connectivity index (χ1) is 12.1. The molecule has 0 unspecified atom stereocenters. The third-order valence-corrected chi connectivity index (χ3v) is 4.36. The number of anilines is 1. The first kappa shape index (κ1) is 22.7. The van der Waals surface area contributed by atoms with E-state index in [9.17, 15) is 4.79 Å². The highest BCUT2D eigenvalue weighted by atomic mass is 127. The molecule has 3 N–H and O–H groups in total. The van der Waals surface area contributed by atoms with Crippen LogP contribution in [0.15, 0.2) is 29.3 Å². The van der Waals surface area contributed by atoms with Gasteiger partial charge in [-0.2, -0.15) is 0 Å². The van der Waals surface area contributed by atoms with E-state index in [4.69, 9.17) is 0 Å². The number of nitrogens with zero attached hydrogens (tertiary/aromatic N) is 1. The number of hydrogen-bond donors (Lipinski definition) is 3. The molecule has 0 spiro atoms. The molecule has 1 aliphatic rings. The maximum absolute atomic E-state index is 12.4. The molecule has 146 valence electrons. The minimum atomic E-state index is 0. The fourth-order valence-corrected chi connectivity index (χ4v) is 3.12. The molecular weight excluding hydrogens is 439 g/mol. The first-order valence-electron chi connectivity index (χ1n) is 9.53. The largest absolute Gasteiger partial charge is 0.357 e. The van der Waals surface area contributed by atoms with Crippen molar-refractivity contribution in [3.8, 4) is 0 Å². The summed E-state index contributed by atoms with van der Waals surface area (Å²) in [5.41, 5.74) is 1.95. The SMILES string of the molecule is CCNC(=NCc1cccc(NC(=O)C2CCCCC2)c1)NC(C)C.I. The lowest BCUT2D eigenvalue weighted by molar-refractivity contribution is -0.120. The van der Waals surface area contributed by atoms with Crippen LogP contribution in [0.4, 0.5) is 5.69 Å². The highest BCUT2D eigenvalue weighted by Crippen LogP contribution is 2.25. The van der Waals surface area contributed by atoms with E-state index in [1.807, 2.05) is 24.3 Å². The maximum Gasteiger partial charge on any atom is 0.227 e. The minimum absolute atomic E-state index is 0. The molecule has 0 heterocycles. The molecule has 0 aromatic heterocycles. The van der Waals surface area contributed by atoms with Crippen molar-refractivity contribution in [3.05, 3.63) is 29.8 Å². The van der Waals surface area contributed by atoms with E-state index >= 15 is 0 Å². The van der Waals surface area contributed by atoms with E-state index in [-0.39, 0.29) is 35.8 Å². The van der Waals surface area contributed by atoms with Gasteiger partial charge in [0, 0.05) is 24.2 Å². The Balaban J connectivity index is 0.00000338. The van der Waals surface area contributed by atoms with Crippen LogP contribution in [0.1, 0.15) is 58.4 Å². The van der Waals surface area contributed by atoms with Gasteiger partial charge in [-0.15, -0.1) is 24.0 Å². The molecule has 1 fully saturated rings. The van der Waals surface area contributed by atoms with E-state index in [1.165, 1.54) is 19.3 Å². The third kappa shape index (κ3) is 7.93. The Kier molecular flexibility index (Phi) is 10.6. The van der Waals surface area contributed by atoms with Crippen LogP contribution in [0.25, 0.3) is 0 Å². The van der Waals surface area contributed by atoms with Crippen LogP contribution in [0.2, 0.25) is 0 Å². The fourth-order valence-electron chi connectivity index (χ4n) is 3.12. The van der Waals surface area contributed by atoms with Gasteiger partial charge >= 0.3 is 0 Å². The monoisotopic (exact) mass is 472 g/mol. The Morgan fingerprint density at radius 1 is 1.23 bits per heavy atom. The summed E-state index contributed by atoms with van der Waals surface area (Å²) in [5.74, 6) is 1.15. The molecule has 6 heteroatoms. The molecule has 0 aliphatic heterocycles. The van der Waals surface area contributed by atoms with E-state index in [2.05, 4.69) is 41.7 Å². The molecule has 0 bridgehead atoms. The van der Waals surface area contributed by atoms with Crippen molar-refractivity contribution in [2.75, 3.05) is 11.9 Å². The molecule has 0 radical (unpaired) electrons. The molecule has 26 heavy (non-hydrogen) atoms. The summed E-state index contributed by atoms with van der Waals surface area (Å²) in [6, 6.07) is 8.32. The van der Waals surface area contributed by atoms with Crippen LogP contribution in [-0.4, -0.2) is 24.5 Å². The standard InChI is InChI=1S/C20H32N4O.HI/c1-4-21-20(23-15(2)3)22-14-16-9-8-12-18(13-16)24-19(25)17-10-6-5-7-11-17;/h8-9,12-13,15,17H,4-7,10-11,14H2,1-3H3,(H,24,25)(H2,21,22,23);1H. The van der Waals surface area contributed by atoms with Crippen LogP contribution in [0, 0.1) is 5.92 Å². The zero-order valence-corrected chi connectivity index (χ0v) is 18.5. The highest BCUT2D eigenvalue weighted by Gasteiger charge is 2.20. The van der Waals surface area contributed by atoms with E-state index in [1.54, 1.807) is 0 Å². The van der Waals surface area contributed by atoms with Gasteiger partial charge in [0.2, 0.25) is 5.91 Å². The number of halogens is 1. The molecule has 1 aliphatic carbocycles. The summed E-state index contributed by atoms with van der Waals surface area (Å²) in [4.78, 5) is 17.0. The van der Waals surface area contributed by atoms with Crippen LogP contribution < -0.4 is 16.0 Å². The molecule has 0 atom stereocenters. The van der Waals surface area contributed by atoms with E-state index < -0.39 is 0 Å². The van der Waals surface area contributed by atoms with Crippen LogP contribution >= 0.6 is 24.0 Å². The second-order valence-corrected chi connectivity index (χ2v) is 7.02. The van der Waals surface area contributed by atoms with Crippen LogP contribution in [-0.2, 0) is 11.3 Å². The summed E-state index contributed by atoms with van der Waals surface area (Å²) < 4.78 is 0. The second kappa shape index (κ2) is 12.1. The number of aliphatic imine (C=N–C) groups is 1. The van der Waals surface area contributed by atoms with Gasteiger partial charge in [0.1, 0.15) is 0 Å². The van der Waals surface area contributed by atoms with Crippen molar-refractivity contribution in [1.29, 1.82) is 0 Å². The average Bonchev–Trinajstić information content (AvgIpc) is 2.60. The zero-order valence-electron chi connectivity index (χ0n) is 16.2. The van der Waals surface area contributed by atoms with Gasteiger partial charge in [-0.05, 0) is 51.3 Å². The number of rotatable bonds is 6. The normalized spacial score (nSPS) is 15.3. The van der Waals surface area contributed by atoms with Gasteiger partial charge < -0.3 is 16.0 Å². The predicted octanol–water partition coefficient (Wildman–Crippen LogP) is 4.29. The van der Waals surface area contributed by atoms with Gasteiger partial charge in [0.25, 0.3) is 0 Å². The molecule has 2 rings (SSSR count). The van der Waals surface area contributed by atoms with Crippen molar-refractivity contribution < 1.29 is 4.79 Å². The topological polar surface area (TPSA) is 65.5 Å². The molecule has 1 saturated carbocycles. The molecule has 1 amide bonds. The molecule has 1 aromatic rings. The molecule has 5 nitrogen and oxygen atoms in total. The minimum Gasteiger partial charge on any atom is -0.357 e. The molecule has 1 aromatic carbocycles. The summed E-state index contributed by atoms with van der Waals surface area (Å²) in [6.45, 7) is 7.65. The van der Waals surface area contributed by atoms with E-state index in [0.29, 0.717) is 12.6 Å². The van der Waals surface area contributed by atoms with E-state index in [0.717, 1.165) is 36.6 Å². The van der Waals surface area contributed by atoms with Gasteiger partial charge in [0.15, 0.2) is 5.96 Å². The summed E-state index contributed by atoms with van der Waals surface area (Å²) in [6.07, 6.45) is 5.63. The number of hydrogen-bond acceptors (Lipinski definition) is 2. The number of amides is 1. The summed E-state index contributed by atoms with van der Waals surface area (Å²) >= 11 is 0. The van der Waals surface area contributed by atoms with Gasteiger partial charge in [-0.3, -0.25) is 4.79 Å². The Morgan fingerprint density at radius 3 is 2.62 bits per heavy atom. The number of benzene rings is 1. The number of carbonyl (C=O) groups excluding carboxylic acids is 1. The van der Waals surface area contributed by atoms with Gasteiger partial charge in [-0.1, -0.05) is 31.4 Å². The number of nitrogens with one attached hydrogen (secondary N) is 3. The van der Waals surface area contributed by atoms with Crippen molar-refractivity contribution in [1.82, 2.24) is 10.6 Å². The lowest BCUT2D eigenvalue weighted by atomic mass is 9.88. The van der Waals surface area contributed by atoms with Gasteiger partial charge in [-0.25, -0.2) is 4.99 Å². The molecular formula is C20H33IN4O. The lowest BCUT2D eigenvalue weighted by Crippen LogP contribution is -2.41. The Morgan fingerprint density at radius 2 is 1.96 bits per heavy atom. The number of guanidine groups is 1. The predicted molar refractivity (Wildman–Crippen MR) is 120 cm³/mol. The van der Waals surface area contributed by atoms with Crippen molar-refractivity contribution >= 4 is 41.5 Å². The van der Waals surface area contributed by atoms with Crippen LogP contribution in [0.3, 0.4) is 0 Å². The average molecular weight is 472 g/mol. The van der Waals surface area contributed by atoms with Crippen molar-refractivity contribution in [3.63, 3.8) is 0 Å². The lowest BCUT2D eigenvalue weighted by Gasteiger charge is -2.20. The zero-order chi connectivity index (χ0) is 18.1. The van der Waals surface area contributed by atoms with Crippen molar-refractivity contribution in [2.24, 2.45) is 10.9 Å². The summed E-state index contributed by atoms with van der Waals surface area (Å²) in [5, 5.41) is 9.63. The van der Waals surface area contributed by atoms with Crippen LogP contribution in [0.5, 0.6) is 0 Å². The maximum atomic E-state index is 12.4. The molecule has 0 saturated heterocycles. The fraction of sp³-hybridized carbons (Fsp3) is 0.600. The van der Waals surface area contributed by atoms with Gasteiger partial charge in [0.05, 0.1) is 6.54 Å². The van der Waals surface area contributed by atoms with Crippen molar-refractivity contribution in [2.45, 2.75) is 65.5 Å². The third-order valence-electron chi connectivity index (χ3n) is 4.36. The quantitative estimate of drug-likeness (QED) is 0.329.